The van der Waals surface area contributed by atoms with Crippen LogP contribution in [0.2, 0.25) is 0 Å². The van der Waals surface area contributed by atoms with E-state index in [0.29, 0.717) is 25.4 Å². The quantitative estimate of drug-likeness (QED) is 0.603. The van der Waals surface area contributed by atoms with Gasteiger partial charge in [-0.3, -0.25) is 0 Å². The molecule has 24 heavy (non-hydrogen) atoms. The minimum absolute atomic E-state index is 0.229. The van der Waals surface area contributed by atoms with Crippen LogP contribution in [-0.2, 0) is 14.4 Å². The standard InChI is InChI=1S/C19H27NO4/c1-19(2,3)23-18(22)24-20-12-9-16(10-13-20)17(11-14-21)15-7-5-4-6-8-15/h4-8,14,16-17H,9-13H2,1-3H3. The van der Waals surface area contributed by atoms with Gasteiger partial charge in [-0.15, -0.1) is 5.06 Å². The van der Waals surface area contributed by atoms with Crippen molar-refractivity contribution in [2.45, 2.75) is 51.6 Å². The highest BCUT2D eigenvalue weighted by atomic mass is 16.8. The van der Waals surface area contributed by atoms with E-state index in [-0.39, 0.29) is 5.92 Å². The number of benzene rings is 1. The second kappa shape index (κ2) is 8.29. The molecule has 0 aliphatic carbocycles. The van der Waals surface area contributed by atoms with Crippen molar-refractivity contribution in [3.05, 3.63) is 35.9 Å². The van der Waals surface area contributed by atoms with E-state index >= 15 is 0 Å². The van der Waals surface area contributed by atoms with Gasteiger partial charge in [0.25, 0.3) is 0 Å². The number of carbonyl (C=O) groups excluding carboxylic acids is 2. The molecule has 1 aromatic carbocycles. The summed E-state index contributed by atoms with van der Waals surface area (Å²) in [6, 6.07) is 10.2. The van der Waals surface area contributed by atoms with Crippen molar-refractivity contribution in [3.63, 3.8) is 0 Å². The average molecular weight is 333 g/mol. The maximum absolute atomic E-state index is 11.7. The average Bonchev–Trinajstić information content (AvgIpc) is 2.52. The topological polar surface area (TPSA) is 55.8 Å². The van der Waals surface area contributed by atoms with E-state index in [2.05, 4.69) is 12.1 Å². The van der Waals surface area contributed by atoms with Crippen LogP contribution in [0.1, 0.15) is 51.5 Å². The second-order valence-corrected chi connectivity index (χ2v) is 7.24. The fraction of sp³-hybridized carbons (Fsp3) is 0.579. The van der Waals surface area contributed by atoms with Crippen molar-refractivity contribution in [1.82, 2.24) is 5.06 Å². The van der Waals surface area contributed by atoms with E-state index in [1.807, 2.05) is 39.0 Å². The molecule has 0 saturated carbocycles. The van der Waals surface area contributed by atoms with Crippen molar-refractivity contribution in [2.75, 3.05) is 13.1 Å². The fourth-order valence-corrected chi connectivity index (χ4v) is 3.15. The van der Waals surface area contributed by atoms with E-state index in [0.717, 1.165) is 19.1 Å². The SMILES string of the molecule is CC(C)(C)OC(=O)ON1CCC(C(CC=O)c2ccccc2)CC1. The molecule has 1 aliphatic rings. The van der Waals surface area contributed by atoms with Gasteiger partial charge in [0, 0.05) is 19.5 Å². The molecule has 132 valence electrons. The summed E-state index contributed by atoms with van der Waals surface area (Å²) in [5.74, 6) is 0.642. The van der Waals surface area contributed by atoms with Crippen LogP contribution in [0, 0.1) is 5.92 Å². The summed E-state index contributed by atoms with van der Waals surface area (Å²) in [5, 5.41) is 1.66. The van der Waals surface area contributed by atoms with Crippen molar-refractivity contribution >= 4 is 12.4 Å². The predicted molar refractivity (Wildman–Crippen MR) is 91.5 cm³/mol. The first-order chi connectivity index (χ1) is 11.4. The van der Waals surface area contributed by atoms with Gasteiger partial charge in [-0.25, -0.2) is 4.79 Å². The summed E-state index contributed by atoms with van der Waals surface area (Å²) >= 11 is 0. The third-order valence-corrected chi connectivity index (χ3v) is 4.24. The molecule has 2 rings (SSSR count). The van der Waals surface area contributed by atoms with Crippen molar-refractivity contribution in [1.29, 1.82) is 0 Å². The van der Waals surface area contributed by atoms with Crippen molar-refractivity contribution < 1.29 is 19.2 Å². The molecule has 0 bridgehead atoms. The van der Waals surface area contributed by atoms with Crippen molar-refractivity contribution in [2.24, 2.45) is 5.92 Å². The number of carbonyl (C=O) groups is 2. The molecule has 1 unspecified atom stereocenters. The minimum Gasteiger partial charge on any atom is -0.427 e. The largest absolute Gasteiger partial charge is 0.528 e. The molecule has 0 aromatic heterocycles. The van der Waals surface area contributed by atoms with E-state index in [1.165, 1.54) is 5.56 Å². The third-order valence-electron chi connectivity index (χ3n) is 4.24. The lowest BCUT2D eigenvalue weighted by atomic mass is 9.79. The molecule has 1 fully saturated rings. The van der Waals surface area contributed by atoms with Crippen LogP contribution in [0.5, 0.6) is 0 Å². The molecule has 1 saturated heterocycles. The smallest absolute Gasteiger partial charge is 0.427 e. The highest BCUT2D eigenvalue weighted by molar-refractivity contribution is 5.60. The van der Waals surface area contributed by atoms with Crippen LogP contribution in [0.25, 0.3) is 0 Å². The summed E-state index contributed by atoms with van der Waals surface area (Å²) < 4.78 is 5.17. The Morgan fingerprint density at radius 1 is 1.25 bits per heavy atom. The molecule has 0 spiro atoms. The Morgan fingerprint density at radius 3 is 2.42 bits per heavy atom. The molecule has 1 aliphatic heterocycles. The molecule has 0 N–H and O–H groups in total. The summed E-state index contributed by atoms with van der Waals surface area (Å²) in [6.45, 7) is 6.75. The lowest BCUT2D eigenvalue weighted by Gasteiger charge is -2.34. The summed E-state index contributed by atoms with van der Waals surface area (Å²) in [6.07, 6.45) is 2.64. The van der Waals surface area contributed by atoms with Crippen LogP contribution >= 0.6 is 0 Å². The summed E-state index contributed by atoms with van der Waals surface area (Å²) in [7, 11) is 0. The molecule has 1 atom stereocenters. The minimum atomic E-state index is -0.659. The number of ether oxygens (including phenoxy) is 1. The maximum Gasteiger partial charge on any atom is 0.528 e. The molecule has 0 radical (unpaired) electrons. The van der Waals surface area contributed by atoms with E-state index in [1.54, 1.807) is 5.06 Å². The van der Waals surface area contributed by atoms with E-state index < -0.39 is 11.8 Å². The monoisotopic (exact) mass is 333 g/mol. The Kier molecular flexibility index (Phi) is 6.37. The normalized spacial score (nSPS) is 18.0. The zero-order valence-electron chi connectivity index (χ0n) is 14.7. The lowest BCUT2D eigenvalue weighted by Crippen LogP contribution is -2.38. The zero-order chi connectivity index (χ0) is 17.6. The molecule has 5 heteroatoms. The summed E-state index contributed by atoms with van der Waals surface area (Å²) in [4.78, 5) is 28.1. The zero-order valence-corrected chi connectivity index (χ0v) is 14.7. The van der Waals surface area contributed by atoms with Gasteiger partial charge in [-0.05, 0) is 51.0 Å². The Bertz CT molecular complexity index is 530. The van der Waals surface area contributed by atoms with Gasteiger partial charge in [0.1, 0.15) is 11.9 Å². The first-order valence-electron chi connectivity index (χ1n) is 8.53. The first kappa shape index (κ1) is 18.5. The van der Waals surface area contributed by atoms with Gasteiger partial charge in [0.05, 0.1) is 0 Å². The van der Waals surface area contributed by atoms with Crippen LogP contribution in [0.4, 0.5) is 4.79 Å². The van der Waals surface area contributed by atoms with Gasteiger partial charge in [-0.1, -0.05) is 30.3 Å². The molecule has 1 aromatic rings. The molecular weight excluding hydrogens is 306 g/mol. The van der Waals surface area contributed by atoms with Gasteiger partial charge in [0.2, 0.25) is 0 Å². The molecule has 1 heterocycles. The van der Waals surface area contributed by atoms with Gasteiger partial charge < -0.3 is 14.4 Å². The van der Waals surface area contributed by atoms with Gasteiger partial charge in [-0.2, -0.15) is 0 Å². The Hall–Kier alpha value is -1.88. The number of piperidine rings is 1. The predicted octanol–water partition coefficient (Wildman–Crippen LogP) is 3.94. The number of aldehydes is 1. The van der Waals surface area contributed by atoms with Gasteiger partial charge >= 0.3 is 6.16 Å². The van der Waals surface area contributed by atoms with Crippen LogP contribution in [0.15, 0.2) is 30.3 Å². The lowest BCUT2D eigenvalue weighted by molar-refractivity contribution is -0.156. The number of hydrogen-bond donors (Lipinski definition) is 0. The second-order valence-electron chi connectivity index (χ2n) is 7.24. The summed E-state index contributed by atoms with van der Waals surface area (Å²) in [5.41, 5.74) is 0.647. The molecular formula is C19H27NO4. The Balaban J connectivity index is 1.88. The highest BCUT2D eigenvalue weighted by Gasteiger charge is 2.29. The Labute approximate surface area is 143 Å². The highest BCUT2D eigenvalue weighted by Crippen LogP contribution is 2.34. The fourth-order valence-electron chi connectivity index (χ4n) is 3.15. The number of hydrogen-bond acceptors (Lipinski definition) is 5. The third kappa shape index (κ3) is 5.64. The number of rotatable bonds is 5. The Morgan fingerprint density at radius 2 is 1.88 bits per heavy atom. The number of hydroxylamine groups is 2. The van der Waals surface area contributed by atoms with Crippen LogP contribution in [0.3, 0.4) is 0 Å². The van der Waals surface area contributed by atoms with Gasteiger partial charge in [0.15, 0.2) is 0 Å². The maximum atomic E-state index is 11.7. The molecule has 5 nitrogen and oxygen atoms in total. The van der Waals surface area contributed by atoms with Crippen LogP contribution < -0.4 is 0 Å². The van der Waals surface area contributed by atoms with Crippen molar-refractivity contribution in [3.8, 4) is 0 Å². The number of nitrogens with zero attached hydrogens (tertiary/aromatic N) is 1. The first-order valence-corrected chi connectivity index (χ1v) is 8.53. The van der Waals surface area contributed by atoms with Crippen LogP contribution in [-0.4, -0.2) is 36.2 Å². The van der Waals surface area contributed by atoms with E-state index in [4.69, 9.17) is 9.57 Å². The molecule has 0 amide bonds. The van der Waals surface area contributed by atoms with E-state index in [9.17, 15) is 9.59 Å².